The summed E-state index contributed by atoms with van der Waals surface area (Å²) in [5.41, 5.74) is 0.356. The summed E-state index contributed by atoms with van der Waals surface area (Å²) in [4.78, 5) is 2.69. The summed E-state index contributed by atoms with van der Waals surface area (Å²) in [7, 11) is 0. The van der Waals surface area contributed by atoms with Gasteiger partial charge < -0.3 is 0 Å². The molecule has 1 aliphatic heterocycles. The van der Waals surface area contributed by atoms with Crippen molar-refractivity contribution in [1.82, 2.24) is 4.90 Å². The monoisotopic (exact) mass is 215 g/mol. The number of nitrogens with zero attached hydrogens (tertiary/aromatic N) is 1. The Morgan fingerprint density at radius 1 is 1.36 bits per heavy atom. The zero-order valence-electron chi connectivity index (χ0n) is 10.1. The number of thiol groups is 1. The Labute approximate surface area is 94.7 Å². The first-order valence-electron chi connectivity index (χ1n) is 5.87. The second kappa shape index (κ2) is 4.89. The van der Waals surface area contributed by atoms with Crippen LogP contribution in [0.15, 0.2) is 0 Å². The van der Waals surface area contributed by atoms with Crippen molar-refractivity contribution in [2.75, 3.05) is 12.3 Å². The average Bonchev–Trinajstić information content (AvgIpc) is 2.48. The lowest BCUT2D eigenvalue weighted by atomic mass is 9.94. The standard InChI is InChI=1S/C12H25NS/c1-5-11-7-6-10(2)13(11)8-12(3,4)9-14/h10-11,14H,5-9H2,1-4H3. The third-order valence-corrected chi connectivity index (χ3v) is 4.32. The van der Waals surface area contributed by atoms with Gasteiger partial charge in [0.2, 0.25) is 0 Å². The van der Waals surface area contributed by atoms with Crippen molar-refractivity contribution in [2.24, 2.45) is 5.41 Å². The first-order valence-corrected chi connectivity index (χ1v) is 6.50. The molecule has 84 valence electrons. The smallest absolute Gasteiger partial charge is 0.00962 e. The Hall–Kier alpha value is 0.310. The van der Waals surface area contributed by atoms with Crippen LogP contribution in [-0.4, -0.2) is 29.3 Å². The fraction of sp³-hybridized carbons (Fsp3) is 1.00. The molecule has 14 heavy (non-hydrogen) atoms. The van der Waals surface area contributed by atoms with E-state index < -0.39 is 0 Å². The highest BCUT2D eigenvalue weighted by atomic mass is 32.1. The van der Waals surface area contributed by atoms with Gasteiger partial charge in [0, 0.05) is 18.6 Å². The molecule has 0 N–H and O–H groups in total. The van der Waals surface area contributed by atoms with Crippen LogP contribution in [0.3, 0.4) is 0 Å². The largest absolute Gasteiger partial charge is 0.297 e. The summed E-state index contributed by atoms with van der Waals surface area (Å²) in [5, 5.41) is 0. The maximum absolute atomic E-state index is 4.44. The Kier molecular flexibility index (Phi) is 4.32. The molecule has 1 heterocycles. The van der Waals surface area contributed by atoms with Crippen LogP contribution in [0.2, 0.25) is 0 Å². The lowest BCUT2D eigenvalue weighted by Gasteiger charge is -2.35. The fourth-order valence-corrected chi connectivity index (χ4v) is 2.49. The Balaban J connectivity index is 2.56. The highest BCUT2D eigenvalue weighted by molar-refractivity contribution is 7.80. The normalized spacial score (nSPS) is 29.8. The molecule has 0 saturated carbocycles. The van der Waals surface area contributed by atoms with Crippen molar-refractivity contribution in [3.05, 3.63) is 0 Å². The van der Waals surface area contributed by atoms with Gasteiger partial charge >= 0.3 is 0 Å². The second-order valence-corrected chi connectivity index (χ2v) is 5.80. The van der Waals surface area contributed by atoms with Gasteiger partial charge in [0.25, 0.3) is 0 Å². The number of hydrogen-bond donors (Lipinski definition) is 1. The third kappa shape index (κ3) is 2.90. The summed E-state index contributed by atoms with van der Waals surface area (Å²) >= 11 is 4.44. The van der Waals surface area contributed by atoms with E-state index in [1.807, 2.05) is 0 Å². The molecule has 1 aliphatic rings. The summed E-state index contributed by atoms with van der Waals surface area (Å²) in [6, 6.07) is 1.60. The molecule has 0 aromatic rings. The van der Waals surface area contributed by atoms with E-state index >= 15 is 0 Å². The highest BCUT2D eigenvalue weighted by Crippen LogP contribution is 2.30. The molecule has 1 saturated heterocycles. The lowest BCUT2D eigenvalue weighted by molar-refractivity contribution is 0.140. The number of hydrogen-bond acceptors (Lipinski definition) is 2. The zero-order chi connectivity index (χ0) is 10.8. The maximum atomic E-state index is 4.44. The van der Waals surface area contributed by atoms with E-state index in [1.165, 1.54) is 25.8 Å². The van der Waals surface area contributed by atoms with E-state index in [-0.39, 0.29) is 0 Å². The van der Waals surface area contributed by atoms with Gasteiger partial charge in [-0.1, -0.05) is 20.8 Å². The number of rotatable bonds is 4. The van der Waals surface area contributed by atoms with Crippen LogP contribution in [0.4, 0.5) is 0 Å². The van der Waals surface area contributed by atoms with Crippen LogP contribution < -0.4 is 0 Å². The Bertz CT molecular complexity index is 179. The van der Waals surface area contributed by atoms with E-state index in [9.17, 15) is 0 Å². The van der Waals surface area contributed by atoms with Gasteiger partial charge in [-0.25, -0.2) is 0 Å². The van der Waals surface area contributed by atoms with Gasteiger partial charge in [-0.15, -0.1) is 0 Å². The topological polar surface area (TPSA) is 3.24 Å². The minimum atomic E-state index is 0.356. The number of likely N-dealkylation sites (tertiary alicyclic amines) is 1. The van der Waals surface area contributed by atoms with Crippen molar-refractivity contribution >= 4 is 12.6 Å². The van der Waals surface area contributed by atoms with Gasteiger partial charge in [0.05, 0.1) is 0 Å². The van der Waals surface area contributed by atoms with E-state index in [0.717, 1.165) is 17.8 Å². The zero-order valence-corrected chi connectivity index (χ0v) is 11.0. The van der Waals surface area contributed by atoms with Gasteiger partial charge in [-0.05, 0) is 37.4 Å². The Morgan fingerprint density at radius 3 is 2.50 bits per heavy atom. The van der Waals surface area contributed by atoms with Crippen molar-refractivity contribution < 1.29 is 0 Å². The molecule has 0 aromatic heterocycles. The molecular weight excluding hydrogens is 190 g/mol. The minimum absolute atomic E-state index is 0.356. The van der Waals surface area contributed by atoms with Gasteiger partial charge in [-0.3, -0.25) is 4.90 Å². The predicted molar refractivity (Wildman–Crippen MR) is 67.1 cm³/mol. The quantitative estimate of drug-likeness (QED) is 0.705. The van der Waals surface area contributed by atoms with Crippen molar-refractivity contribution in [2.45, 2.75) is 59.0 Å². The molecule has 0 amide bonds. The molecule has 2 heteroatoms. The summed E-state index contributed by atoms with van der Waals surface area (Å²) in [6.45, 7) is 10.5. The van der Waals surface area contributed by atoms with Gasteiger partial charge in [-0.2, -0.15) is 12.6 Å². The Morgan fingerprint density at radius 2 is 2.00 bits per heavy atom. The summed E-state index contributed by atoms with van der Waals surface area (Å²) in [6.07, 6.45) is 4.06. The van der Waals surface area contributed by atoms with Crippen LogP contribution in [0.25, 0.3) is 0 Å². The van der Waals surface area contributed by atoms with Gasteiger partial charge in [0.1, 0.15) is 0 Å². The average molecular weight is 215 g/mol. The lowest BCUT2D eigenvalue weighted by Crippen LogP contribution is -2.41. The highest BCUT2D eigenvalue weighted by Gasteiger charge is 2.32. The van der Waals surface area contributed by atoms with Crippen molar-refractivity contribution in [3.8, 4) is 0 Å². The predicted octanol–water partition coefficient (Wildman–Crippen LogP) is 3.21. The van der Waals surface area contributed by atoms with Crippen LogP contribution >= 0.6 is 12.6 Å². The molecule has 1 rings (SSSR count). The minimum Gasteiger partial charge on any atom is -0.297 e. The van der Waals surface area contributed by atoms with Crippen molar-refractivity contribution in [1.29, 1.82) is 0 Å². The maximum Gasteiger partial charge on any atom is 0.00962 e. The SMILES string of the molecule is CCC1CCC(C)N1CC(C)(C)CS. The van der Waals surface area contributed by atoms with E-state index in [0.29, 0.717) is 5.41 Å². The van der Waals surface area contributed by atoms with E-state index in [4.69, 9.17) is 0 Å². The van der Waals surface area contributed by atoms with E-state index in [2.05, 4.69) is 45.2 Å². The van der Waals surface area contributed by atoms with Crippen LogP contribution in [0, 0.1) is 5.41 Å². The first-order chi connectivity index (χ1) is 6.50. The molecule has 0 spiro atoms. The molecule has 0 bridgehead atoms. The molecule has 2 atom stereocenters. The second-order valence-electron chi connectivity index (χ2n) is 5.48. The summed E-state index contributed by atoms with van der Waals surface area (Å²) in [5.74, 6) is 0.979. The van der Waals surface area contributed by atoms with Crippen LogP contribution in [0.5, 0.6) is 0 Å². The summed E-state index contributed by atoms with van der Waals surface area (Å²) < 4.78 is 0. The van der Waals surface area contributed by atoms with Crippen molar-refractivity contribution in [3.63, 3.8) is 0 Å². The molecule has 1 fully saturated rings. The van der Waals surface area contributed by atoms with Crippen LogP contribution in [-0.2, 0) is 0 Å². The van der Waals surface area contributed by atoms with Gasteiger partial charge in [0.15, 0.2) is 0 Å². The molecule has 1 nitrogen and oxygen atoms in total. The fourth-order valence-electron chi connectivity index (χ4n) is 2.39. The molecule has 0 radical (unpaired) electrons. The molecular formula is C12H25NS. The molecule has 0 aromatic carbocycles. The van der Waals surface area contributed by atoms with E-state index in [1.54, 1.807) is 0 Å². The van der Waals surface area contributed by atoms with Crippen LogP contribution in [0.1, 0.15) is 47.0 Å². The molecule has 2 unspecified atom stereocenters. The third-order valence-electron chi connectivity index (χ3n) is 3.46. The first kappa shape index (κ1) is 12.4. The molecule has 0 aliphatic carbocycles.